The van der Waals surface area contributed by atoms with Crippen LogP contribution in [0.15, 0.2) is 45.9 Å². The SMILES string of the molecule is Cc1cc(S(=O)(=O)NCC(C)(O)Cc2ccco2)ccc1F. The Hall–Kier alpha value is -1.70. The molecule has 2 N–H and O–H groups in total. The lowest BCUT2D eigenvalue weighted by molar-refractivity contribution is 0.0603. The number of aliphatic hydroxyl groups is 1. The van der Waals surface area contributed by atoms with Gasteiger partial charge in [0.25, 0.3) is 0 Å². The number of nitrogens with one attached hydrogen (secondary N) is 1. The van der Waals surface area contributed by atoms with Gasteiger partial charge in [0.15, 0.2) is 0 Å². The van der Waals surface area contributed by atoms with Crippen molar-refractivity contribution in [3.8, 4) is 0 Å². The van der Waals surface area contributed by atoms with Gasteiger partial charge in [-0.1, -0.05) is 0 Å². The van der Waals surface area contributed by atoms with Crippen LogP contribution in [0.25, 0.3) is 0 Å². The monoisotopic (exact) mass is 327 g/mol. The van der Waals surface area contributed by atoms with Crippen molar-refractivity contribution in [3.05, 3.63) is 53.7 Å². The maximum atomic E-state index is 13.2. The molecule has 0 bridgehead atoms. The Kier molecular flexibility index (Phi) is 4.69. The largest absolute Gasteiger partial charge is 0.469 e. The number of furan rings is 1. The van der Waals surface area contributed by atoms with Crippen LogP contribution < -0.4 is 4.72 Å². The van der Waals surface area contributed by atoms with Crippen LogP contribution in [0.3, 0.4) is 0 Å². The van der Waals surface area contributed by atoms with Crippen LogP contribution in [0, 0.1) is 12.7 Å². The Balaban J connectivity index is 2.07. The number of benzene rings is 1. The maximum absolute atomic E-state index is 13.2. The third-order valence-electron chi connectivity index (χ3n) is 3.22. The predicted octanol–water partition coefficient (Wildman–Crippen LogP) is 2.00. The highest BCUT2D eigenvalue weighted by atomic mass is 32.2. The summed E-state index contributed by atoms with van der Waals surface area (Å²) in [5, 5.41) is 10.2. The highest BCUT2D eigenvalue weighted by Gasteiger charge is 2.26. The molecule has 1 unspecified atom stereocenters. The molecule has 1 atom stereocenters. The first-order valence-electron chi connectivity index (χ1n) is 6.70. The minimum atomic E-state index is -3.82. The molecule has 0 saturated carbocycles. The van der Waals surface area contributed by atoms with Gasteiger partial charge in [0, 0.05) is 13.0 Å². The lowest BCUT2D eigenvalue weighted by Crippen LogP contribution is -2.42. The van der Waals surface area contributed by atoms with Gasteiger partial charge >= 0.3 is 0 Å². The molecule has 2 rings (SSSR count). The second-order valence-corrected chi connectivity index (χ2v) is 7.26. The summed E-state index contributed by atoms with van der Waals surface area (Å²) in [7, 11) is -3.82. The fourth-order valence-electron chi connectivity index (χ4n) is 1.97. The van der Waals surface area contributed by atoms with E-state index in [1.54, 1.807) is 12.1 Å². The van der Waals surface area contributed by atoms with Crippen molar-refractivity contribution < 1.29 is 22.3 Å². The molecule has 2 aromatic rings. The molecule has 0 spiro atoms. The normalized spacial score (nSPS) is 14.7. The average molecular weight is 327 g/mol. The van der Waals surface area contributed by atoms with Crippen LogP contribution in [0.1, 0.15) is 18.2 Å². The summed E-state index contributed by atoms with van der Waals surface area (Å²) < 4.78 is 45.0. The van der Waals surface area contributed by atoms with Crippen molar-refractivity contribution >= 4 is 10.0 Å². The van der Waals surface area contributed by atoms with Gasteiger partial charge in [-0.05, 0) is 49.7 Å². The van der Waals surface area contributed by atoms with E-state index in [1.165, 1.54) is 32.2 Å². The molecule has 5 nitrogen and oxygen atoms in total. The lowest BCUT2D eigenvalue weighted by atomic mass is 10.0. The molecule has 0 aliphatic carbocycles. The van der Waals surface area contributed by atoms with Crippen LogP contribution in [-0.4, -0.2) is 25.7 Å². The van der Waals surface area contributed by atoms with Gasteiger partial charge in [0.2, 0.25) is 10.0 Å². The van der Waals surface area contributed by atoms with Crippen molar-refractivity contribution in [1.29, 1.82) is 0 Å². The number of aryl methyl sites for hydroxylation is 1. The van der Waals surface area contributed by atoms with Gasteiger partial charge in [-0.2, -0.15) is 0 Å². The summed E-state index contributed by atoms with van der Waals surface area (Å²) >= 11 is 0. The third-order valence-corrected chi connectivity index (χ3v) is 4.62. The Morgan fingerprint density at radius 1 is 1.36 bits per heavy atom. The van der Waals surface area contributed by atoms with Gasteiger partial charge in [-0.15, -0.1) is 0 Å². The van der Waals surface area contributed by atoms with Crippen LogP contribution in [0.2, 0.25) is 0 Å². The molecule has 1 heterocycles. The number of hydrogen-bond acceptors (Lipinski definition) is 4. The lowest BCUT2D eigenvalue weighted by Gasteiger charge is -2.22. The highest BCUT2D eigenvalue weighted by Crippen LogP contribution is 2.16. The fourth-order valence-corrected chi connectivity index (χ4v) is 3.22. The summed E-state index contributed by atoms with van der Waals surface area (Å²) in [6.45, 7) is 2.81. The number of sulfonamides is 1. The van der Waals surface area contributed by atoms with E-state index in [1.807, 2.05) is 0 Å². The first-order chi connectivity index (χ1) is 10.2. The van der Waals surface area contributed by atoms with Gasteiger partial charge < -0.3 is 9.52 Å². The summed E-state index contributed by atoms with van der Waals surface area (Å²) in [6.07, 6.45) is 1.65. The van der Waals surface area contributed by atoms with E-state index in [2.05, 4.69) is 4.72 Å². The van der Waals surface area contributed by atoms with Gasteiger partial charge in [0.05, 0.1) is 16.8 Å². The zero-order valence-corrected chi connectivity index (χ0v) is 13.2. The quantitative estimate of drug-likeness (QED) is 0.850. The van der Waals surface area contributed by atoms with E-state index in [0.29, 0.717) is 5.76 Å². The second-order valence-electron chi connectivity index (χ2n) is 5.49. The van der Waals surface area contributed by atoms with Crippen molar-refractivity contribution in [3.63, 3.8) is 0 Å². The molecule has 0 aliphatic rings. The van der Waals surface area contributed by atoms with Crippen molar-refractivity contribution in [2.45, 2.75) is 30.8 Å². The minimum absolute atomic E-state index is 0.0415. The van der Waals surface area contributed by atoms with Gasteiger partial charge in [-0.25, -0.2) is 17.5 Å². The van der Waals surface area contributed by atoms with Crippen molar-refractivity contribution in [1.82, 2.24) is 4.72 Å². The topological polar surface area (TPSA) is 79.5 Å². The van der Waals surface area contributed by atoms with Crippen LogP contribution in [0.4, 0.5) is 4.39 Å². The molecule has 7 heteroatoms. The summed E-state index contributed by atoms with van der Waals surface area (Å²) in [5.74, 6) is 0.0885. The standard InChI is InChI=1S/C15H18FNO4S/c1-11-8-13(5-6-14(11)16)22(19,20)17-10-15(2,18)9-12-4-3-7-21-12/h3-8,17-18H,9-10H2,1-2H3. The molecule has 0 radical (unpaired) electrons. The Bertz CT molecular complexity index is 739. The van der Waals surface area contributed by atoms with Crippen LogP contribution >= 0.6 is 0 Å². The number of hydrogen-bond donors (Lipinski definition) is 2. The van der Waals surface area contributed by atoms with Gasteiger partial charge in [-0.3, -0.25) is 0 Å². The zero-order chi connectivity index (χ0) is 16.4. The molecule has 22 heavy (non-hydrogen) atoms. The molecular formula is C15H18FNO4S. The number of halogens is 1. The Morgan fingerprint density at radius 3 is 2.68 bits per heavy atom. The highest BCUT2D eigenvalue weighted by molar-refractivity contribution is 7.89. The smallest absolute Gasteiger partial charge is 0.240 e. The van der Waals surface area contributed by atoms with E-state index < -0.39 is 21.4 Å². The second kappa shape index (κ2) is 6.20. The summed E-state index contributed by atoms with van der Waals surface area (Å²) in [4.78, 5) is -0.0415. The molecule has 0 aliphatic heterocycles. The first kappa shape index (κ1) is 16.7. The fraction of sp³-hybridized carbons (Fsp3) is 0.333. The molecule has 0 amide bonds. The van der Waals surface area contributed by atoms with E-state index in [4.69, 9.17) is 4.42 Å². The van der Waals surface area contributed by atoms with Crippen molar-refractivity contribution in [2.75, 3.05) is 6.54 Å². The maximum Gasteiger partial charge on any atom is 0.240 e. The van der Waals surface area contributed by atoms with Gasteiger partial charge in [0.1, 0.15) is 11.6 Å². The van der Waals surface area contributed by atoms with Crippen molar-refractivity contribution in [2.24, 2.45) is 0 Å². The first-order valence-corrected chi connectivity index (χ1v) is 8.18. The summed E-state index contributed by atoms with van der Waals surface area (Å²) in [5.41, 5.74) is -1.06. The Morgan fingerprint density at radius 2 is 2.09 bits per heavy atom. The minimum Gasteiger partial charge on any atom is -0.469 e. The summed E-state index contributed by atoms with van der Waals surface area (Å²) in [6, 6.07) is 6.93. The van der Waals surface area contributed by atoms with E-state index in [-0.39, 0.29) is 23.4 Å². The predicted molar refractivity (Wildman–Crippen MR) is 79.4 cm³/mol. The molecule has 1 aromatic heterocycles. The molecule has 0 saturated heterocycles. The Labute approximate surface area is 128 Å². The third kappa shape index (κ3) is 4.16. The molecule has 0 fully saturated rings. The number of rotatable bonds is 6. The average Bonchev–Trinajstić information content (AvgIpc) is 2.92. The van der Waals surface area contributed by atoms with E-state index in [0.717, 1.165) is 6.07 Å². The van der Waals surface area contributed by atoms with Crippen LogP contribution in [0.5, 0.6) is 0 Å². The zero-order valence-electron chi connectivity index (χ0n) is 12.3. The van der Waals surface area contributed by atoms with Crippen LogP contribution in [-0.2, 0) is 16.4 Å². The van der Waals surface area contributed by atoms with E-state index >= 15 is 0 Å². The van der Waals surface area contributed by atoms with E-state index in [9.17, 15) is 17.9 Å². The molecule has 120 valence electrons. The molecular weight excluding hydrogens is 309 g/mol. The molecule has 1 aromatic carbocycles.